The molecule has 0 aliphatic carbocycles. The first-order valence-corrected chi connectivity index (χ1v) is 6.74. The van der Waals surface area contributed by atoms with Gasteiger partial charge in [0, 0.05) is 4.47 Å². The van der Waals surface area contributed by atoms with Crippen LogP contribution in [0.3, 0.4) is 0 Å². The van der Waals surface area contributed by atoms with E-state index in [4.69, 9.17) is 0 Å². The zero-order valence-electron chi connectivity index (χ0n) is 7.84. The van der Waals surface area contributed by atoms with Crippen molar-refractivity contribution in [2.24, 2.45) is 0 Å². The van der Waals surface area contributed by atoms with Crippen molar-refractivity contribution in [2.45, 2.75) is 0 Å². The van der Waals surface area contributed by atoms with E-state index in [2.05, 4.69) is 31.9 Å². The molecule has 2 aromatic rings. The predicted octanol–water partition coefficient (Wildman–Crippen LogP) is 4.64. The Morgan fingerprint density at radius 1 is 1.19 bits per heavy atom. The number of hydrogen-bond donors (Lipinski definition) is 0. The maximum atomic E-state index is 13.5. The van der Waals surface area contributed by atoms with E-state index < -0.39 is 5.82 Å². The lowest BCUT2D eigenvalue weighted by Gasteiger charge is -2.02. The van der Waals surface area contributed by atoms with Crippen molar-refractivity contribution in [1.82, 2.24) is 0 Å². The molecule has 1 heterocycles. The molecule has 0 saturated heterocycles. The van der Waals surface area contributed by atoms with Gasteiger partial charge in [-0.25, -0.2) is 4.39 Å². The summed E-state index contributed by atoms with van der Waals surface area (Å²) in [5.74, 6) is -0.815. The molecule has 0 unspecified atom stereocenters. The van der Waals surface area contributed by atoms with E-state index in [1.165, 1.54) is 17.4 Å². The summed E-state index contributed by atoms with van der Waals surface area (Å²) < 4.78 is 14.9. The summed E-state index contributed by atoms with van der Waals surface area (Å²) in [4.78, 5) is 12.5. The third-order valence-corrected chi connectivity index (χ3v) is 4.27. The number of benzene rings is 1. The second-order valence-electron chi connectivity index (χ2n) is 3.03. The Bertz CT molecular complexity index is 530. The molecule has 82 valence electrons. The molecule has 0 aliphatic rings. The Labute approximate surface area is 113 Å². The first kappa shape index (κ1) is 12.0. The molecule has 0 fully saturated rings. The maximum Gasteiger partial charge on any atom is 0.207 e. The average molecular weight is 364 g/mol. The molecule has 0 radical (unpaired) electrons. The van der Waals surface area contributed by atoms with Crippen LogP contribution in [0.4, 0.5) is 4.39 Å². The van der Waals surface area contributed by atoms with E-state index >= 15 is 0 Å². The van der Waals surface area contributed by atoms with Crippen LogP contribution in [-0.2, 0) is 0 Å². The van der Waals surface area contributed by atoms with Crippen molar-refractivity contribution in [3.63, 3.8) is 0 Å². The topological polar surface area (TPSA) is 17.1 Å². The van der Waals surface area contributed by atoms with Gasteiger partial charge in [-0.2, -0.15) is 0 Å². The Balaban J connectivity index is 2.49. The predicted molar refractivity (Wildman–Crippen MR) is 69.6 cm³/mol. The van der Waals surface area contributed by atoms with Gasteiger partial charge in [-0.05, 0) is 56.1 Å². The SMILES string of the molecule is O=C(c1ccc(Br)s1)c1c(F)cccc1Br. The molecule has 2 rings (SSSR count). The highest BCUT2D eigenvalue weighted by atomic mass is 79.9. The van der Waals surface area contributed by atoms with Crippen LogP contribution in [-0.4, -0.2) is 5.78 Å². The first-order chi connectivity index (χ1) is 7.59. The summed E-state index contributed by atoms with van der Waals surface area (Å²) in [6.07, 6.45) is 0. The van der Waals surface area contributed by atoms with Gasteiger partial charge in [0.1, 0.15) is 5.82 Å². The van der Waals surface area contributed by atoms with Crippen LogP contribution in [0.15, 0.2) is 38.6 Å². The molecule has 0 bridgehead atoms. The number of hydrogen-bond acceptors (Lipinski definition) is 2. The molecular weight excluding hydrogens is 359 g/mol. The number of carbonyl (C=O) groups is 1. The number of halogens is 3. The van der Waals surface area contributed by atoms with Crippen molar-refractivity contribution < 1.29 is 9.18 Å². The first-order valence-electron chi connectivity index (χ1n) is 4.33. The zero-order valence-corrected chi connectivity index (χ0v) is 11.8. The average Bonchev–Trinajstić information content (AvgIpc) is 2.64. The lowest BCUT2D eigenvalue weighted by atomic mass is 10.1. The van der Waals surface area contributed by atoms with Gasteiger partial charge in [0.15, 0.2) is 0 Å². The van der Waals surface area contributed by atoms with Gasteiger partial charge >= 0.3 is 0 Å². The Morgan fingerprint density at radius 2 is 1.94 bits per heavy atom. The van der Waals surface area contributed by atoms with E-state index in [0.29, 0.717) is 9.35 Å². The minimum atomic E-state index is -0.510. The summed E-state index contributed by atoms with van der Waals surface area (Å²) in [6.45, 7) is 0. The second kappa shape index (κ2) is 4.77. The highest BCUT2D eigenvalue weighted by molar-refractivity contribution is 9.11. The van der Waals surface area contributed by atoms with Crippen molar-refractivity contribution in [3.8, 4) is 0 Å². The lowest BCUT2D eigenvalue weighted by molar-refractivity contribution is 0.103. The van der Waals surface area contributed by atoms with Crippen LogP contribution in [0.5, 0.6) is 0 Å². The van der Waals surface area contributed by atoms with Crippen LogP contribution >= 0.6 is 43.2 Å². The van der Waals surface area contributed by atoms with Crippen molar-refractivity contribution in [1.29, 1.82) is 0 Å². The third-order valence-electron chi connectivity index (χ3n) is 1.99. The normalized spacial score (nSPS) is 10.4. The number of rotatable bonds is 2. The van der Waals surface area contributed by atoms with Crippen molar-refractivity contribution in [2.75, 3.05) is 0 Å². The molecule has 1 aromatic heterocycles. The molecule has 0 N–H and O–H groups in total. The standard InChI is InChI=1S/C11H5Br2FOS/c12-6-2-1-3-7(14)10(6)11(15)8-4-5-9(13)16-8/h1-5H. The molecule has 1 nitrogen and oxygen atoms in total. The molecular formula is C11H5Br2FOS. The Morgan fingerprint density at radius 3 is 2.50 bits per heavy atom. The Kier molecular flexibility index (Phi) is 3.56. The van der Waals surface area contributed by atoms with Gasteiger partial charge in [0.25, 0.3) is 0 Å². The second-order valence-corrected chi connectivity index (χ2v) is 6.35. The molecule has 0 saturated carbocycles. The van der Waals surface area contributed by atoms with Gasteiger partial charge in [-0.1, -0.05) is 6.07 Å². The van der Waals surface area contributed by atoms with Crippen LogP contribution < -0.4 is 0 Å². The highest BCUT2D eigenvalue weighted by Gasteiger charge is 2.18. The van der Waals surface area contributed by atoms with E-state index in [1.807, 2.05) is 0 Å². The molecule has 1 aromatic carbocycles. The summed E-state index contributed by atoms with van der Waals surface area (Å²) in [5, 5.41) is 0. The number of carbonyl (C=O) groups excluding carboxylic acids is 1. The number of ketones is 1. The molecule has 16 heavy (non-hydrogen) atoms. The number of thiophene rings is 1. The molecule has 5 heteroatoms. The van der Waals surface area contributed by atoms with Crippen LogP contribution in [0.2, 0.25) is 0 Å². The summed E-state index contributed by atoms with van der Waals surface area (Å²) in [7, 11) is 0. The Hall–Kier alpha value is -0.520. The molecule has 0 spiro atoms. The fourth-order valence-electron chi connectivity index (χ4n) is 1.27. The maximum absolute atomic E-state index is 13.5. The largest absolute Gasteiger partial charge is 0.288 e. The van der Waals surface area contributed by atoms with Crippen LogP contribution in [0.25, 0.3) is 0 Å². The summed E-state index contributed by atoms with van der Waals surface area (Å²) >= 11 is 7.74. The van der Waals surface area contributed by atoms with Crippen molar-refractivity contribution >= 4 is 49.0 Å². The van der Waals surface area contributed by atoms with Crippen LogP contribution in [0, 0.1) is 5.82 Å². The van der Waals surface area contributed by atoms with E-state index in [9.17, 15) is 9.18 Å². The molecule has 0 atom stereocenters. The van der Waals surface area contributed by atoms with Crippen LogP contribution in [0.1, 0.15) is 15.2 Å². The fourth-order valence-corrected chi connectivity index (χ4v) is 3.13. The van der Waals surface area contributed by atoms with E-state index in [0.717, 1.165) is 3.79 Å². The van der Waals surface area contributed by atoms with E-state index in [-0.39, 0.29) is 11.3 Å². The third kappa shape index (κ3) is 2.26. The lowest BCUT2D eigenvalue weighted by Crippen LogP contribution is -2.03. The highest BCUT2D eigenvalue weighted by Crippen LogP contribution is 2.28. The van der Waals surface area contributed by atoms with Gasteiger partial charge in [0.05, 0.1) is 14.2 Å². The van der Waals surface area contributed by atoms with Gasteiger partial charge < -0.3 is 0 Å². The minimum Gasteiger partial charge on any atom is -0.288 e. The summed E-state index contributed by atoms with van der Waals surface area (Å²) in [5.41, 5.74) is 0.0804. The summed E-state index contributed by atoms with van der Waals surface area (Å²) in [6, 6.07) is 7.93. The minimum absolute atomic E-state index is 0.0804. The molecule has 0 aliphatic heterocycles. The van der Waals surface area contributed by atoms with Gasteiger partial charge in [-0.15, -0.1) is 11.3 Å². The van der Waals surface area contributed by atoms with E-state index in [1.54, 1.807) is 24.3 Å². The monoisotopic (exact) mass is 362 g/mol. The quantitative estimate of drug-likeness (QED) is 0.710. The smallest absolute Gasteiger partial charge is 0.207 e. The zero-order chi connectivity index (χ0) is 11.7. The molecule has 0 amide bonds. The fraction of sp³-hybridized carbons (Fsp3) is 0. The van der Waals surface area contributed by atoms with Gasteiger partial charge in [-0.3, -0.25) is 4.79 Å². The van der Waals surface area contributed by atoms with Gasteiger partial charge in [0.2, 0.25) is 5.78 Å². The van der Waals surface area contributed by atoms with Crippen molar-refractivity contribution in [3.05, 3.63) is 54.8 Å².